The lowest BCUT2D eigenvalue weighted by molar-refractivity contribution is 0.0560. The largest absolute Gasteiger partial charge is 0.497 e. The van der Waals surface area contributed by atoms with Gasteiger partial charge in [0.15, 0.2) is 0 Å². The first kappa shape index (κ1) is 18.5. The first-order valence-corrected chi connectivity index (χ1v) is 11.0. The van der Waals surface area contributed by atoms with Crippen LogP contribution in [0.4, 0.5) is 0 Å². The third-order valence-electron chi connectivity index (χ3n) is 6.00. The second-order valence-corrected chi connectivity index (χ2v) is 9.14. The Kier molecular flexibility index (Phi) is 5.27. The lowest BCUT2D eigenvalue weighted by Gasteiger charge is -2.37. The number of thiophene rings is 1. The molecule has 0 N–H and O–H groups in total. The van der Waals surface area contributed by atoms with E-state index in [-0.39, 0.29) is 11.9 Å². The van der Waals surface area contributed by atoms with Gasteiger partial charge in [-0.3, -0.25) is 4.79 Å². The van der Waals surface area contributed by atoms with E-state index in [1.807, 2.05) is 6.07 Å². The minimum atomic E-state index is 0.223. The number of aryl methyl sites for hydroxylation is 2. The summed E-state index contributed by atoms with van der Waals surface area (Å²) < 4.78 is 5.43. The maximum absolute atomic E-state index is 13.5. The normalized spacial score (nSPS) is 16.7. The second-order valence-electron chi connectivity index (χ2n) is 8.09. The van der Waals surface area contributed by atoms with Crippen molar-refractivity contribution in [1.82, 2.24) is 4.90 Å². The van der Waals surface area contributed by atoms with Crippen LogP contribution in [0.1, 0.15) is 66.8 Å². The van der Waals surface area contributed by atoms with Gasteiger partial charge in [-0.25, -0.2) is 0 Å². The summed E-state index contributed by atoms with van der Waals surface area (Å²) >= 11 is 1.67. The Morgan fingerprint density at radius 1 is 1.11 bits per heavy atom. The molecular formula is C23H29NO2S. The van der Waals surface area contributed by atoms with Gasteiger partial charge in [0, 0.05) is 17.0 Å². The van der Waals surface area contributed by atoms with Crippen molar-refractivity contribution in [3.8, 4) is 16.2 Å². The van der Waals surface area contributed by atoms with E-state index in [1.165, 1.54) is 40.8 Å². The molecule has 0 spiro atoms. The average Bonchev–Trinajstić information content (AvgIpc) is 3.13. The summed E-state index contributed by atoms with van der Waals surface area (Å²) in [5, 5.41) is 0. The summed E-state index contributed by atoms with van der Waals surface area (Å²) in [4.78, 5) is 17.8. The Morgan fingerprint density at radius 2 is 1.85 bits per heavy atom. The Balaban J connectivity index is 1.67. The van der Waals surface area contributed by atoms with Crippen molar-refractivity contribution >= 4 is 17.2 Å². The van der Waals surface area contributed by atoms with Gasteiger partial charge in [0.1, 0.15) is 5.75 Å². The Hall–Kier alpha value is -1.81. The maximum atomic E-state index is 13.5. The zero-order valence-corrected chi connectivity index (χ0v) is 17.4. The van der Waals surface area contributed by atoms with Crippen LogP contribution in [0.2, 0.25) is 0 Å². The van der Waals surface area contributed by atoms with E-state index in [4.69, 9.17) is 4.74 Å². The minimum absolute atomic E-state index is 0.223. The van der Waals surface area contributed by atoms with Gasteiger partial charge in [-0.05, 0) is 74.4 Å². The summed E-state index contributed by atoms with van der Waals surface area (Å²) in [5.41, 5.74) is 3.92. The number of hydrogen-bond acceptors (Lipinski definition) is 3. The molecule has 1 heterocycles. The molecule has 0 unspecified atom stereocenters. The highest BCUT2D eigenvalue weighted by atomic mass is 32.1. The van der Waals surface area contributed by atoms with Crippen molar-refractivity contribution in [3.05, 3.63) is 40.3 Å². The molecule has 144 valence electrons. The molecule has 0 bridgehead atoms. The van der Waals surface area contributed by atoms with Crippen molar-refractivity contribution in [1.29, 1.82) is 0 Å². The molecule has 0 radical (unpaired) electrons. The number of hydrogen-bond donors (Lipinski definition) is 0. The highest BCUT2D eigenvalue weighted by Crippen LogP contribution is 2.42. The number of fused-ring (bicyclic) bond motifs is 3. The molecule has 0 atom stereocenters. The van der Waals surface area contributed by atoms with Crippen molar-refractivity contribution in [2.75, 3.05) is 7.11 Å². The number of methoxy groups -OCH3 is 1. The van der Waals surface area contributed by atoms with Crippen molar-refractivity contribution < 1.29 is 9.53 Å². The van der Waals surface area contributed by atoms with Gasteiger partial charge >= 0.3 is 0 Å². The third kappa shape index (κ3) is 3.52. The second kappa shape index (κ2) is 7.67. The molecule has 3 nitrogen and oxygen atoms in total. The summed E-state index contributed by atoms with van der Waals surface area (Å²) in [6.07, 6.45) is 8.15. The van der Waals surface area contributed by atoms with Crippen molar-refractivity contribution in [2.45, 2.75) is 70.9 Å². The highest BCUT2D eigenvalue weighted by molar-refractivity contribution is 7.17. The molecule has 0 aliphatic heterocycles. The zero-order valence-electron chi connectivity index (χ0n) is 16.6. The van der Waals surface area contributed by atoms with Crippen LogP contribution in [0, 0.1) is 0 Å². The fourth-order valence-corrected chi connectivity index (χ4v) is 5.84. The van der Waals surface area contributed by atoms with Crippen LogP contribution in [0.15, 0.2) is 24.3 Å². The fraction of sp³-hybridized carbons (Fsp3) is 0.522. The van der Waals surface area contributed by atoms with E-state index in [2.05, 4.69) is 36.9 Å². The lowest BCUT2D eigenvalue weighted by atomic mass is 9.91. The summed E-state index contributed by atoms with van der Waals surface area (Å²) in [6, 6.07) is 9.13. The highest BCUT2D eigenvalue weighted by Gasteiger charge is 2.31. The molecule has 2 aliphatic carbocycles. The van der Waals surface area contributed by atoms with E-state index in [0.717, 1.165) is 36.3 Å². The van der Waals surface area contributed by atoms with Crippen LogP contribution < -0.4 is 4.74 Å². The monoisotopic (exact) mass is 383 g/mol. The van der Waals surface area contributed by atoms with Crippen LogP contribution in [0.5, 0.6) is 5.75 Å². The van der Waals surface area contributed by atoms with E-state index < -0.39 is 0 Å². The topological polar surface area (TPSA) is 29.5 Å². The maximum Gasteiger partial charge on any atom is 0.264 e. The smallest absolute Gasteiger partial charge is 0.264 e. The van der Waals surface area contributed by atoms with Gasteiger partial charge in [0.05, 0.1) is 12.0 Å². The van der Waals surface area contributed by atoms with Gasteiger partial charge in [0.2, 0.25) is 0 Å². The standard InChI is InChI=1S/C23H29NO2S/c1-15(2)24(18-7-5-4-6-8-18)23(25)21-13-17-10-9-16-11-12-19(26-3)14-20(16)22(17)27-21/h11-15,18H,4-10H2,1-3H3. The molecule has 1 aromatic carbocycles. The van der Waals surface area contributed by atoms with Crippen molar-refractivity contribution in [3.63, 3.8) is 0 Å². The Labute approximate surface area is 166 Å². The quantitative estimate of drug-likeness (QED) is 0.677. The minimum Gasteiger partial charge on any atom is -0.497 e. The predicted molar refractivity (Wildman–Crippen MR) is 112 cm³/mol. The van der Waals surface area contributed by atoms with Gasteiger partial charge in [-0.15, -0.1) is 11.3 Å². The van der Waals surface area contributed by atoms with E-state index in [1.54, 1.807) is 18.4 Å². The number of carbonyl (C=O) groups is 1. The molecule has 4 rings (SSSR count). The van der Waals surface area contributed by atoms with Crippen LogP contribution in [0.3, 0.4) is 0 Å². The molecule has 27 heavy (non-hydrogen) atoms. The number of nitrogens with zero attached hydrogens (tertiary/aromatic N) is 1. The third-order valence-corrected chi connectivity index (χ3v) is 7.20. The SMILES string of the molecule is COc1ccc2c(c1)-c1sc(C(=O)N(C(C)C)C3CCCCC3)cc1CC2. The van der Waals surface area contributed by atoms with Crippen LogP contribution in [-0.4, -0.2) is 30.0 Å². The number of benzene rings is 1. The zero-order chi connectivity index (χ0) is 19.0. The van der Waals surface area contributed by atoms with Gasteiger partial charge < -0.3 is 9.64 Å². The molecule has 1 amide bonds. The molecule has 1 saturated carbocycles. The van der Waals surface area contributed by atoms with Gasteiger partial charge in [-0.1, -0.05) is 25.3 Å². The van der Waals surface area contributed by atoms with Crippen LogP contribution in [0.25, 0.3) is 10.4 Å². The average molecular weight is 384 g/mol. The van der Waals surface area contributed by atoms with Crippen molar-refractivity contribution in [2.24, 2.45) is 0 Å². The molecule has 0 saturated heterocycles. The molecule has 2 aliphatic rings. The summed E-state index contributed by atoms with van der Waals surface area (Å²) in [7, 11) is 1.71. The number of amides is 1. The molecular weight excluding hydrogens is 354 g/mol. The number of rotatable bonds is 4. The predicted octanol–water partition coefficient (Wildman–Crippen LogP) is 5.71. The Morgan fingerprint density at radius 3 is 2.56 bits per heavy atom. The first-order valence-electron chi connectivity index (χ1n) is 10.2. The Bertz CT molecular complexity index is 833. The molecule has 4 heteroatoms. The fourth-order valence-electron chi connectivity index (χ4n) is 4.64. The van der Waals surface area contributed by atoms with Gasteiger partial charge in [-0.2, -0.15) is 0 Å². The van der Waals surface area contributed by atoms with Crippen LogP contribution >= 0.6 is 11.3 Å². The van der Waals surface area contributed by atoms with Gasteiger partial charge in [0.25, 0.3) is 5.91 Å². The number of carbonyl (C=O) groups excluding carboxylic acids is 1. The van der Waals surface area contributed by atoms with E-state index in [9.17, 15) is 4.79 Å². The molecule has 1 fully saturated rings. The molecule has 2 aromatic rings. The van der Waals surface area contributed by atoms with E-state index >= 15 is 0 Å². The first-order chi connectivity index (χ1) is 13.1. The lowest BCUT2D eigenvalue weighted by Crippen LogP contribution is -2.45. The van der Waals surface area contributed by atoms with E-state index in [0.29, 0.717) is 6.04 Å². The summed E-state index contributed by atoms with van der Waals surface area (Å²) in [5.74, 6) is 1.11. The molecule has 1 aromatic heterocycles. The summed E-state index contributed by atoms with van der Waals surface area (Å²) in [6.45, 7) is 4.31. The number of ether oxygens (including phenoxy) is 1. The van der Waals surface area contributed by atoms with Crippen LogP contribution in [-0.2, 0) is 12.8 Å².